The molecule has 3 aromatic rings. The molecule has 1 aliphatic carbocycles. The first-order valence-electron chi connectivity index (χ1n) is 8.63. The van der Waals surface area contributed by atoms with Gasteiger partial charge < -0.3 is 9.88 Å². The molecule has 0 aliphatic heterocycles. The summed E-state index contributed by atoms with van der Waals surface area (Å²) in [6.45, 7) is 3.23. The summed E-state index contributed by atoms with van der Waals surface area (Å²) in [7, 11) is 0. The molecule has 128 valence electrons. The van der Waals surface area contributed by atoms with Crippen molar-refractivity contribution in [3.63, 3.8) is 0 Å². The van der Waals surface area contributed by atoms with E-state index >= 15 is 0 Å². The van der Waals surface area contributed by atoms with E-state index in [0.29, 0.717) is 18.0 Å². The van der Waals surface area contributed by atoms with E-state index in [1.165, 1.54) is 12.8 Å². The first kappa shape index (κ1) is 15.6. The molecule has 0 saturated heterocycles. The van der Waals surface area contributed by atoms with Crippen LogP contribution in [0.2, 0.25) is 0 Å². The van der Waals surface area contributed by atoms with Crippen LogP contribution in [0.15, 0.2) is 48.9 Å². The van der Waals surface area contributed by atoms with E-state index in [2.05, 4.69) is 20.0 Å². The summed E-state index contributed by atoms with van der Waals surface area (Å²) in [6, 6.07) is 9.82. The average molecular weight is 335 g/mol. The lowest BCUT2D eigenvalue weighted by Gasteiger charge is -2.09. The van der Waals surface area contributed by atoms with Crippen molar-refractivity contribution < 1.29 is 4.79 Å². The zero-order valence-electron chi connectivity index (χ0n) is 14.2. The Labute approximate surface area is 146 Å². The molecule has 1 amide bonds. The van der Waals surface area contributed by atoms with E-state index in [0.717, 1.165) is 23.8 Å². The molecule has 0 bridgehead atoms. The number of carbonyl (C=O) groups is 1. The number of rotatable bonds is 6. The van der Waals surface area contributed by atoms with Gasteiger partial charge in [0.1, 0.15) is 5.82 Å². The zero-order chi connectivity index (χ0) is 17.2. The molecule has 6 nitrogen and oxygen atoms in total. The second-order valence-corrected chi connectivity index (χ2v) is 6.40. The third kappa shape index (κ3) is 3.20. The highest BCUT2D eigenvalue weighted by molar-refractivity contribution is 5.95. The summed E-state index contributed by atoms with van der Waals surface area (Å²) in [4.78, 5) is 16.9. The predicted octanol–water partition coefficient (Wildman–Crippen LogP) is 2.68. The molecule has 1 fully saturated rings. The van der Waals surface area contributed by atoms with Gasteiger partial charge in [0.05, 0.1) is 23.1 Å². The Bertz CT molecular complexity index is 876. The lowest BCUT2D eigenvalue weighted by atomic mass is 10.2. The second kappa shape index (κ2) is 6.55. The normalized spacial score (nSPS) is 13.8. The SMILES string of the molecule is Cc1c(C(=O)NCCn2ccnc2C2CC2)cnn1-c1ccccc1. The fourth-order valence-electron chi connectivity index (χ4n) is 3.06. The van der Waals surface area contributed by atoms with Crippen molar-refractivity contribution in [3.05, 3.63) is 66.0 Å². The Hall–Kier alpha value is -2.89. The molecule has 2 aromatic heterocycles. The van der Waals surface area contributed by atoms with E-state index in [1.54, 1.807) is 10.9 Å². The van der Waals surface area contributed by atoms with Gasteiger partial charge in [-0.25, -0.2) is 9.67 Å². The van der Waals surface area contributed by atoms with Gasteiger partial charge in [-0.05, 0) is 31.9 Å². The number of aromatic nitrogens is 4. The summed E-state index contributed by atoms with van der Waals surface area (Å²) < 4.78 is 3.92. The fourth-order valence-corrected chi connectivity index (χ4v) is 3.06. The third-order valence-corrected chi connectivity index (χ3v) is 4.58. The van der Waals surface area contributed by atoms with Crippen LogP contribution in [0.3, 0.4) is 0 Å². The van der Waals surface area contributed by atoms with Crippen LogP contribution < -0.4 is 5.32 Å². The van der Waals surface area contributed by atoms with Crippen LogP contribution in [-0.2, 0) is 6.54 Å². The number of nitrogens with one attached hydrogen (secondary N) is 1. The van der Waals surface area contributed by atoms with Gasteiger partial charge in [-0.15, -0.1) is 0 Å². The first-order valence-corrected chi connectivity index (χ1v) is 8.63. The summed E-state index contributed by atoms with van der Waals surface area (Å²) >= 11 is 0. The lowest BCUT2D eigenvalue weighted by Crippen LogP contribution is -2.27. The molecule has 0 atom stereocenters. The maximum Gasteiger partial charge on any atom is 0.254 e. The Kier molecular flexibility index (Phi) is 4.09. The number of para-hydroxylation sites is 1. The van der Waals surface area contributed by atoms with Crippen LogP contribution in [-0.4, -0.2) is 31.8 Å². The molecule has 1 N–H and O–H groups in total. The van der Waals surface area contributed by atoms with Gasteiger partial charge in [0, 0.05) is 31.4 Å². The molecule has 0 spiro atoms. The minimum atomic E-state index is -0.0900. The molecule has 25 heavy (non-hydrogen) atoms. The van der Waals surface area contributed by atoms with Gasteiger partial charge in [0.2, 0.25) is 0 Å². The maximum absolute atomic E-state index is 12.5. The fraction of sp³-hybridized carbons (Fsp3) is 0.316. The summed E-state index contributed by atoms with van der Waals surface area (Å²) in [5.41, 5.74) is 2.40. The Balaban J connectivity index is 1.40. The van der Waals surface area contributed by atoms with Gasteiger partial charge in [-0.2, -0.15) is 5.10 Å². The largest absolute Gasteiger partial charge is 0.350 e. The van der Waals surface area contributed by atoms with Crippen molar-refractivity contribution in [2.24, 2.45) is 0 Å². The molecular formula is C19H21N5O. The lowest BCUT2D eigenvalue weighted by molar-refractivity contribution is 0.0951. The van der Waals surface area contributed by atoms with Crippen LogP contribution in [0.1, 0.15) is 40.6 Å². The average Bonchev–Trinajstić information content (AvgIpc) is 3.24. The highest BCUT2D eigenvalue weighted by Gasteiger charge is 2.27. The molecule has 6 heteroatoms. The van der Waals surface area contributed by atoms with Gasteiger partial charge >= 0.3 is 0 Å². The highest BCUT2D eigenvalue weighted by atomic mass is 16.1. The molecule has 1 saturated carbocycles. The quantitative estimate of drug-likeness (QED) is 0.753. The molecule has 1 aromatic carbocycles. The monoisotopic (exact) mass is 335 g/mol. The maximum atomic E-state index is 12.5. The third-order valence-electron chi connectivity index (χ3n) is 4.58. The van der Waals surface area contributed by atoms with Crippen molar-refractivity contribution in [2.45, 2.75) is 32.2 Å². The van der Waals surface area contributed by atoms with E-state index < -0.39 is 0 Å². The van der Waals surface area contributed by atoms with E-state index in [9.17, 15) is 4.79 Å². The van der Waals surface area contributed by atoms with E-state index in [4.69, 9.17) is 0 Å². The van der Waals surface area contributed by atoms with Crippen molar-refractivity contribution in [1.82, 2.24) is 24.6 Å². The van der Waals surface area contributed by atoms with Gasteiger partial charge in [-0.1, -0.05) is 18.2 Å². The van der Waals surface area contributed by atoms with E-state index in [-0.39, 0.29) is 5.91 Å². The Morgan fingerprint density at radius 2 is 2.08 bits per heavy atom. The minimum Gasteiger partial charge on any atom is -0.350 e. The summed E-state index contributed by atoms with van der Waals surface area (Å²) in [5, 5.41) is 7.34. The Morgan fingerprint density at radius 1 is 1.28 bits per heavy atom. The molecule has 0 radical (unpaired) electrons. The number of nitrogens with zero attached hydrogens (tertiary/aromatic N) is 4. The number of hydrogen-bond acceptors (Lipinski definition) is 3. The van der Waals surface area contributed by atoms with Crippen LogP contribution in [0.4, 0.5) is 0 Å². The number of amides is 1. The second-order valence-electron chi connectivity index (χ2n) is 6.40. The number of carbonyl (C=O) groups excluding carboxylic acids is 1. The van der Waals surface area contributed by atoms with Gasteiger partial charge in [0.25, 0.3) is 5.91 Å². The van der Waals surface area contributed by atoms with Crippen molar-refractivity contribution >= 4 is 5.91 Å². The number of hydrogen-bond donors (Lipinski definition) is 1. The smallest absolute Gasteiger partial charge is 0.254 e. The summed E-state index contributed by atoms with van der Waals surface area (Å²) in [6.07, 6.45) is 7.90. The van der Waals surface area contributed by atoms with Crippen molar-refractivity contribution in [1.29, 1.82) is 0 Å². The standard InChI is InChI=1S/C19H21N5O/c1-14-17(13-22-24(14)16-5-3-2-4-6-16)19(25)21-10-12-23-11-9-20-18(23)15-7-8-15/h2-6,9,11,13,15H,7-8,10,12H2,1H3,(H,21,25). The number of imidazole rings is 1. The topological polar surface area (TPSA) is 64.7 Å². The Morgan fingerprint density at radius 3 is 2.84 bits per heavy atom. The minimum absolute atomic E-state index is 0.0900. The van der Waals surface area contributed by atoms with Gasteiger partial charge in [0.15, 0.2) is 0 Å². The van der Waals surface area contributed by atoms with Crippen LogP contribution in [0, 0.1) is 6.92 Å². The highest BCUT2D eigenvalue weighted by Crippen LogP contribution is 2.38. The molecular weight excluding hydrogens is 314 g/mol. The van der Waals surface area contributed by atoms with Crippen molar-refractivity contribution in [3.8, 4) is 5.69 Å². The van der Waals surface area contributed by atoms with Crippen LogP contribution in [0.25, 0.3) is 5.69 Å². The zero-order valence-corrected chi connectivity index (χ0v) is 14.2. The molecule has 0 unspecified atom stereocenters. The van der Waals surface area contributed by atoms with E-state index in [1.807, 2.05) is 49.6 Å². The van der Waals surface area contributed by atoms with Crippen LogP contribution in [0.5, 0.6) is 0 Å². The molecule has 1 aliphatic rings. The predicted molar refractivity (Wildman–Crippen MR) is 94.8 cm³/mol. The summed E-state index contributed by atoms with van der Waals surface area (Å²) in [5.74, 6) is 1.66. The van der Waals surface area contributed by atoms with Gasteiger partial charge in [-0.3, -0.25) is 4.79 Å². The molecule has 4 rings (SSSR count). The van der Waals surface area contributed by atoms with Crippen molar-refractivity contribution in [2.75, 3.05) is 6.54 Å². The number of benzene rings is 1. The van der Waals surface area contributed by atoms with Crippen LogP contribution >= 0.6 is 0 Å². The first-order chi connectivity index (χ1) is 12.2. The molecule has 2 heterocycles.